The molecule has 1 fully saturated rings. The number of amides is 1. The van der Waals surface area contributed by atoms with Crippen molar-refractivity contribution in [3.05, 3.63) is 35.9 Å². The van der Waals surface area contributed by atoms with Gasteiger partial charge in [-0.1, -0.05) is 37.3 Å². The van der Waals surface area contributed by atoms with E-state index >= 15 is 0 Å². The lowest BCUT2D eigenvalue weighted by Gasteiger charge is -2.39. The van der Waals surface area contributed by atoms with Gasteiger partial charge < -0.3 is 16.2 Å². The Kier molecular flexibility index (Phi) is 6.36. The first kappa shape index (κ1) is 16.9. The molecule has 0 spiro atoms. The summed E-state index contributed by atoms with van der Waals surface area (Å²) in [6.45, 7) is 4.58. The molecule has 5 heteroatoms. The molecule has 1 amide bonds. The van der Waals surface area contributed by atoms with Crippen LogP contribution in [-0.4, -0.2) is 47.7 Å². The number of nitrogens with one attached hydrogen (secondary N) is 1. The topological polar surface area (TPSA) is 78.6 Å². The highest BCUT2D eigenvalue weighted by molar-refractivity contribution is 5.75. The van der Waals surface area contributed by atoms with E-state index in [0.29, 0.717) is 0 Å². The number of carbonyl (C=O) groups is 1. The summed E-state index contributed by atoms with van der Waals surface area (Å²) < 4.78 is 0. The number of nitrogens with zero attached hydrogens (tertiary/aromatic N) is 1. The third kappa shape index (κ3) is 5.09. The molecule has 1 heterocycles. The Bertz CT molecular complexity index is 466. The van der Waals surface area contributed by atoms with Crippen LogP contribution in [0, 0.1) is 5.92 Å². The van der Waals surface area contributed by atoms with E-state index in [4.69, 9.17) is 5.73 Å². The van der Waals surface area contributed by atoms with Crippen LogP contribution >= 0.6 is 0 Å². The molecule has 4 N–H and O–H groups in total. The molecule has 3 atom stereocenters. The van der Waals surface area contributed by atoms with Gasteiger partial charge in [0.25, 0.3) is 0 Å². The second-order valence-corrected chi connectivity index (χ2v) is 6.20. The van der Waals surface area contributed by atoms with Crippen LogP contribution in [-0.2, 0) is 11.3 Å². The zero-order chi connectivity index (χ0) is 15.9. The van der Waals surface area contributed by atoms with Crippen LogP contribution in [0.2, 0.25) is 0 Å². The highest BCUT2D eigenvalue weighted by Gasteiger charge is 2.31. The molecule has 0 bridgehead atoms. The van der Waals surface area contributed by atoms with Gasteiger partial charge in [0.1, 0.15) is 0 Å². The van der Waals surface area contributed by atoms with Gasteiger partial charge in [-0.25, -0.2) is 0 Å². The standard InChI is InChI=1S/C17H27N3O2/c1-2-16(21)14-8-15(11-20(10-14)12-17(18)22)19-9-13-6-4-3-5-7-13/h3-7,14-16,19,21H,2,8-12H2,1H3,(H2,18,22). The minimum atomic E-state index is -0.322. The average molecular weight is 305 g/mol. The Balaban J connectivity index is 1.94. The van der Waals surface area contributed by atoms with Crippen molar-refractivity contribution in [1.29, 1.82) is 0 Å². The lowest BCUT2D eigenvalue weighted by Crippen LogP contribution is -2.53. The number of piperidine rings is 1. The van der Waals surface area contributed by atoms with E-state index in [1.165, 1.54) is 5.56 Å². The predicted molar refractivity (Wildman–Crippen MR) is 87.1 cm³/mol. The van der Waals surface area contributed by atoms with Crippen LogP contribution in [0.4, 0.5) is 0 Å². The zero-order valence-corrected chi connectivity index (χ0v) is 13.2. The lowest BCUT2D eigenvalue weighted by atomic mass is 9.88. The minimum absolute atomic E-state index is 0.186. The van der Waals surface area contributed by atoms with Crippen molar-refractivity contribution < 1.29 is 9.90 Å². The number of benzene rings is 1. The number of primary amides is 1. The molecule has 5 nitrogen and oxygen atoms in total. The smallest absolute Gasteiger partial charge is 0.231 e. The number of rotatable bonds is 7. The molecule has 0 saturated carbocycles. The number of nitrogens with two attached hydrogens (primary N) is 1. The number of carbonyl (C=O) groups excluding carboxylic acids is 1. The van der Waals surface area contributed by atoms with Gasteiger partial charge in [0.05, 0.1) is 12.6 Å². The molecule has 0 radical (unpaired) electrons. The number of aliphatic hydroxyl groups excluding tert-OH is 1. The number of hydrogen-bond donors (Lipinski definition) is 3. The maximum atomic E-state index is 11.2. The van der Waals surface area contributed by atoms with Crippen LogP contribution in [0.3, 0.4) is 0 Å². The summed E-state index contributed by atoms with van der Waals surface area (Å²) in [7, 11) is 0. The first-order valence-corrected chi connectivity index (χ1v) is 8.04. The quantitative estimate of drug-likeness (QED) is 0.694. The third-order valence-electron chi connectivity index (χ3n) is 4.34. The molecule has 0 aromatic heterocycles. The summed E-state index contributed by atoms with van der Waals surface area (Å²) >= 11 is 0. The van der Waals surface area contributed by atoms with Gasteiger partial charge in [0.15, 0.2) is 0 Å². The minimum Gasteiger partial charge on any atom is -0.393 e. The Labute approximate surface area is 132 Å². The largest absolute Gasteiger partial charge is 0.393 e. The fraction of sp³-hybridized carbons (Fsp3) is 0.588. The average Bonchev–Trinajstić information content (AvgIpc) is 2.52. The summed E-state index contributed by atoms with van der Waals surface area (Å²) in [6, 6.07) is 10.5. The summed E-state index contributed by atoms with van der Waals surface area (Å²) in [5, 5.41) is 13.7. The van der Waals surface area contributed by atoms with E-state index in [1.54, 1.807) is 0 Å². The monoisotopic (exact) mass is 305 g/mol. The van der Waals surface area contributed by atoms with Crippen molar-refractivity contribution in [2.45, 2.75) is 38.5 Å². The van der Waals surface area contributed by atoms with Crippen molar-refractivity contribution in [1.82, 2.24) is 10.2 Å². The highest BCUT2D eigenvalue weighted by Crippen LogP contribution is 2.22. The van der Waals surface area contributed by atoms with E-state index in [0.717, 1.165) is 32.5 Å². The van der Waals surface area contributed by atoms with Gasteiger partial charge in [-0.3, -0.25) is 9.69 Å². The second kappa shape index (κ2) is 8.27. The van der Waals surface area contributed by atoms with Crippen LogP contribution in [0.1, 0.15) is 25.3 Å². The van der Waals surface area contributed by atoms with E-state index in [2.05, 4.69) is 22.3 Å². The maximum Gasteiger partial charge on any atom is 0.231 e. The van der Waals surface area contributed by atoms with E-state index in [9.17, 15) is 9.90 Å². The van der Waals surface area contributed by atoms with Crippen molar-refractivity contribution in [3.63, 3.8) is 0 Å². The molecule has 22 heavy (non-hydrogen) atoms. The number of hydrogen-bond acceptors (Lipinski definition) is 4. The van der Waals surface area contributed by atoms with Crippen LogP contribution in [0.15, 0.2) is 30.3 Å². The van der Waals surface area contributed by atoms with Gasteiger partial charge in [-0.2, -0.15) is 0 Å². The molecular weight excluding hydrogens is 278 g/mol. The Morgan fingerprint density at radius 2 is 2.14 bits per heavy atom. The van der Waals surface area contributed by atoms with Crippen molar-refractivity contribution in [2.24, 2.45) is 11.7 Å². The Morgan fingerprint density at radius 1 is 1.41 bits per heavy atom. The Morgan fingerprint density at radius 3 is 2.77 bits per heavy atom. The molecule has 1 aliphatic heterocycles. The molecular formula is C17H27N3O2. The van der Waals surface area contributed by atoms with Crippen molar-refractivity contribution >= 4 is 5.91 Å². The van der Waals surface area contributed by atoms with Gasteiger partial charge >= 0.3 is 0 Å². The SMILES string of the molecule is CCC(O)C1CC(NCc2ccccc2)CN(CC(N)=O)C1. The first-order valence-electron chi connectivity index (χ1n) is 8.04. The third-order valence-corrected chi connectivity index (χ3v) is 4.34. The van der Waals surface area contributed by atoms with E-state index < -0.39 is 0 Å². The summed E-state index contributed by atoms with van der Waals surface area (Å²) in [4.78, 5) is 13.3. The Hall–Kier alpha value is -1.43. The highest BCUT2D eigenvalue weighted by atomic mass is 16.3. The normalized spacial score (nSPS) is 24.1. The number of aliphatic hydroxyl groups is 1. The summed E-state index contributed by atoms with van der Waals surface area (Å²) in [6.07, 6.45) is 1.34. The molecule has 3 unspecified atom stereocenters. The molecule has 1 aliphatic rings. The number of likely N-dealkylation sites (tertiary alicyclic amines) is 1. The van der Waals surface area contributed by atoms with Crippen LogP contribution in [0.5, 0.6) is 0 Å². The van der Waals surface area contributed by atoms with Crippen LogP contribution in [0.25, 0.3) is 0 Å². The molecule has 1 aromatic carbocycles. The maximum absolute atomic E-state index is 11.2. The molecule has 1 saturated heterocycles. The zero-order valence-electron chi connectivity index (χ0n) is 13.2. The second-order valence-electron chi connectivity index (χ2n) is 6.20. The predicted octanol–water partition coefficient (Wildman–Crippen LogP) is 0.723. The fourth-order valence-electron chi connectivity index (χ4n) is 3.20. The molecule has 2 rings (SSSR count). The van der Waals surface area contributed by atoms with Crippen LogP contribution < -0.4 is 11.1 Å². The summed E-state index contributed by atoms with van der Waals surface area (Å²) in [5.74, 6) is -0.125. The molecule has 1 aromatic rings. The van der Waals surface area contributed by atoms with Gasteiger partial charge in [-0.15, -0.1) is 0 Å². The van der Waals surface area contributed by atoms with Crippen molar-refractivity contribution in [3.8, 4) is 0 Å². The summed E-state index contributed by atoms with van der Waals surface area (Å²) in [5.41, 5.74) is 6.56. The molecule has 122 valence electrons. The van der Waals surface area contributed by atoms with E-state index in [-0.39, 0.29) is 30.5 Å². The van der Waals surface area contributed by atoms with Gasteiger partial charge in [0.2, 0.25) is 5.91 Å². The van der Waals surface area contributed by atoms with E-state index in [1.807, 2.05) is 25.1 Å². The lowest BCUT2D eigenvalue weighted by molar-refractivity contribution is -0.120. The molecule has 0 aliphatic carbocycles. The van der Waals surface area contributed by atoms with Gasteiger partial charge in [-0.05, 0) is 24.3 Å². The first-order chi connectivity index (χ1) is 10.6. The van der Waals surface area contributed by atoms with Crippen molar-refractivity contribution in [2.75, 3.05) is 19.6 Å². The fourth-order valence-corrected chi connectivity index (χ4v) is 3.20. The van der Waals surface area contributed by atoms with Gasteiger partial charge in [0, 0.05) is 25.7 Å².